The lowest BCUT2D eigenvalue weighted by Gasteiger charge is -2.30. The molecule has 0 amide bonds. The van der Waals surface area contributed by atoms with Gasteiger partial charge in [-0.1, -0.05) is 30.3 Å². The van der Waals surface area contributed by atoms with Gasteiger partial charge in [0, 0.05) is 26.2 Å². The van der Waals surface area contributed by atoms with Crippen molar-refractivity contribution >= 4 is 24.1 Å². The van der Waals surface area contributed by atoms with E-state index in [-0.39, 0.29) is 0 Å². The van der Waals surface area contributed by atoms with E-state index in [1.54, 1.807) is 13.3 Å². The smallest absolute Gasteiger partial charge is 0.250 e. The molecular weight excluding hydrogens is 466 g/mol. The quantitative estimate of drug-likeness (QED) is 0.328. The van der Waals surface area contributed by atoms with E-state index in [0.717, 1.165) is 74.9 Å². The monoisotopic (exact) mass is 501 g/mol. The van der Waals surface area contributed by atoms with E-state index < -0.39 is 0 Å². The molecule has 9 nitrogen and oxygen atoms in total. The maximum Gasteiger partial charge on any atom is 0.250 e. The highest BCUT2D eigenvalue weighted by Crippen LogP contribution is 2.28. The minimum absolute atomic E-state index is 0.458. The molecule has 0 spiro atoms. The maximum absolute atomic E-state index is 6.03. The molecule has 2 aromatic carbocycles. The fourth-order valence-electron chi connectivity index (χ4n) is 4.66. The summed E-state index contributed by atoms with van der Waals surface area (Å²) in [5, 5.41) is 4.44. The predicted molar refractivity (Wildman–Crippen MR) is 147 cm³/mol. The number of hydrogen-bond donors (Lipinski definition) is 1. The number of piperidine rings is 2. The third-order valence-electron chi connectivity index (χ3n) is 6.69. The van der Waals surface area contributed by atoms with Gasteiger partial charge in [-0.3, -0.25) is 0 Å². The number of nitrogens with one attached hydrogen (secondary N) is 1. The summed E-state index contributed by atoms with van der Waals surface area (Å²) in [5.74, 6) is 3.26. The molecule has 9 heteroatoms. The number of nitrogens with zero attached hydrogens (tertiary/aromatic N) is 6. The Morgan fingerprint density at radius 1 is 0.811 bits per heavy atom. The Hall–Kier alpha value is -3.88. The molecule has 0 radical (unpaired) electrons. The minimum Gasteiger partial charge on any atom is -0.493 e. The summed E-state index contributed by atoms with van der Waals surface area (Å²) in [6.07, 6.45) is 8.91. The molecule has 0 unspecified atom stereocenters. The number of hydrogen-bond acceptors (Lipinski definition) is 9. The number of hydrazone groups is 1. The molecular formula is C28H35N7O2. The summed E-state index contributed by atoms with van der Waals surface area (Å²) in [4.78, 5) is 18.7. The molecule has 3 heterocycles. The van der Waals surface area contributed by atoms with Crippen molar-refractivity contribution in [3.63, 3.8) is 0 Å². The van der Waals surface area contributed by atoms with Crippen molar-refractivity contribution in [1.82, 2.24) is 15.0 Å². The third-order valence-corrected chi connectivity index (χ3v) is 6.69. The van der Waals surface area contributed by atoms with E-state index in [0.29, 0.717) is 24.1 Å². The fraction of sp³-hybridized carbons (Fsp3) is 0.429. The SMILES string of the molecule is COc1ccc(/C=N/Nc2nc(N3CCCCC3)nc(N3CCCCC3)n2)cc1OCc1ccccc1. The van der Waals surface area contributed by atoms with E-state index in [9.17, 15) is 0 Å². The average molecular weight is 502 g/mol. The Morgan fingerprint density at radius 2 is 1.46 bits per heavy atom. The summed E-state index contributed by atoms with van der Waals surface area (Å²) < 4.78 is 11.5. The lowest BCUT2D eigenvalue weighted by atomic mass is 10.1. The molecule has 2 saturated heterocycles. The van der Waals surface area contributed by atoms with E-state index in [1.807, 2.05) is 48.5 Å². The molecule has 0 bridgehead atoms. The van der Waals surface area contributed by atoms with Crippen LogP contribution >= 0.6 is 0 Å². The van der Waals surface area contributed by atoms with Crippen LogP contribution < -0.4 is 24.7 Å². The third kappa shape index (κ3) is 6.67. The Balaban J connectivity index is 1.31. The van der Waals surface area contributed by atoms with Crippen LogP contribution in [0.2, 0.25) is 0 Å². The van der Waals surface area contributed by atoms with Crippen LogP contribution in [0.1, 0.15) is 49.7 Å². The second-order valence-electron chi connectivity index (χ2n) is 9.41. The molecule has 194 valence electrons. The van der Waals surface area contributed by atoms with Gasteiger partial charge in [-0.15, -0.1) is 0 Å². The second kappa shape index (κ2) is 12.4. The van der Waals surface area contributed by atoms with Gasteiger partial charge in [0.25, 0.3) is 0 Å². The van der Waals surface area contributed by atoms with Gasteiger partial charge in [-0.25, -0.2) is 5.43 Å². The summed E-state index contributed by atoms with van der Waals surface area (Å²) in [6, 6.07) is 15.8. The van der Waals surface area contributed by atoms with Crippen molar-refractivity contribution in [1.29, 1.82) is 0 Å². The number of benzene rings is 2. The fourth-order valence-corrected chi connectivity index (χ4v) is 4.66. The Kier molecular flexibility index (Phi) is 8.30. The van der Waals surface area contributed by atoms with Crippen LogP contribution in [-0.2, 0) is 6.61 Å². The molecule has 3 aromatic rings. The Morgan fingerprint density at radius 3 is 2.08 bits per heavy atom. The number of methoxy groups -OCH3 is 1. The van der Waals surface area contributed by atoms with Gasteiger partial charge >= 0.3 is 0 Å². The highest BCUT2D eigenvalue weighted by Gasteiger charge is 2.20. The molecule has 0 saturated carbocycles. The number of ether oxygens (including phenoxy) is 2. The molecule has 2 fully saturated rings. The van der Waals surface area contributed by atoms with Gasteiger partial charge in [-0.2, -0.15) is 20.1 Å². The summed E-state index contributed by atoms with van der Waals surface area (Å²) in [5.41, 5.74) is 5.00. The Bertz CT molecular complexity index is 1140. The van der Waals surface area contributed by atoms with Crippen LogP contribution in [0.4, 0.5) is 17.8 Å². The molecule has 1 aromatic heterocycles. The van der Waals surface area contributed by atoms with Gasteiger partial charge in [0.2, 0.25) is 17.8 Å². The summed E-state index contributed by atoms with van der Waals surface area (Å²) in [7, 11) is 1.64. The molecule has 1 N–H and O–H groups in total. The van der Waals surface area contributed by atoms with Gasteiger partial charge in [-0.05, 0) is 67.9 Å². The first-order chi connectivity index (χ1) is 18.3. The highest BCUT2D eigenvalue weighted by atomic mass is 16.5. The van der Waals surface area contributed by atoms with Crippen LogP contribution in [0.25, 0.3) is 0 Å². The molecule has 2 aliphatic rings. The van der Waals surface area contributed by atoms with E-state index >= 15 is 0 Å². The highest BCUT2D eigenvalue weighted by molar-refractivity contribution is 5.81. The standard InChI is InChI=1S/C28H35N7O2/c1-36-24-14-13-23(19-25(24)37-21-22-11-5-2-6-12-22)20-29-33-26-30-27(34-15-7-3-8-16-34)32-28(31-26)35-17-9-4-10-18-35/h2,5-6,11-14,19-20H,3-4,7-10,15-18,21H2,1H3,(H,30,31,32,33)/b29-20+. The van der Waals surface area contributed by atoms with Gasteiger partial charge in [0.15, 0.2) is 11.5 Å². The number of rotatable bonds is 9. The second-order valence-corrected chi connectivity index (χ2v) is 9.41. The molecule has 2 aliphatic heterocycles. The summed E-state index contributed by atoms with van der Waals surface area (Å²) >= 11 is 0. The lowest BCUT2D eigenvalue weighted by molar-refractivity contribution is 0.284. The van der Waals surface area contributed by atoms with E-state index in [2.05, 4.69) is 20.3 Å². The molecule has 0 atom stereocenters. The van der Waals surface area contributed by atoms with Crippen molar-refractivity contribution in [2.75, 3.05) is 48.5 Å². The van der Waals surface area contributed by atoms with Crippen molar-refractivity contribution < 1.29 is 9.47 Å². The number of anilines is 3. The van der Waals surface area contributed by atoms with Crippen molar-refractivity contribution in [2.24, 2.45) is 5.10 Å². The first-order valence-electron chi connectivity index (χ1n) is 13.2. The van der Waals surface area contributed by atoms with E-state index in [1.165, 1.54) is 12.8 Å². The molecule has 0 aliphatic carbocycles. The van der Waals surface area contributed by atoms with Crippen LogP contribution in [0.5, 0.6) is 11.5 Å². The van der Waals surface area contributed by atoms with Crippen LogP contribution in [0, 0.1) is 0 Å². The van der Waals surface area contributed by atoms with Crippen LogP contribution in [-0.4, -0.2) is 54.5 Å². The van der Waals surface area contributed by atoms with Crippen LogP contribution in [0.15, 0.2) is 53.6 Å². The first-order valence-corrected chi connectivity index (χ1v) is 13.2. The maximum atomic E-state index is 6.03. The topological polar surface area (TPSA) is 88.0 Å². The van der Waals surface area contributed by atoms with Gasteiger partial charge in [0.1, 0.15) is 6.61 Å². The zero-order chi connectivity index (χ0) is 25.3. The van der Waals surface area contributed by atoms with Crippen LogP contribution in [0.3, 0.4) is 0 Å². The van der Waals surface area contributed by atoms with Crippen molar-refractivity contribution in [3.05, 3.63) is 59.7 Å². The largest absolute Gasteiger partial charge is 0.493 e. The minimum atomic E-state index is 0.458. The summed E-state index contributed by atoms with van der Waals surface area (Å²) in [6.45, 7) is 4.36. The zero-order valence-corrected chi connectivity index (χ0v) is 21.5. The van der Waals surface area contributed by atoms with Crippen molar-refractivity contribution in [3.8, 4) is 11.5 Å². The molecule has 5 rings (SSSR count). The lowest BCUT2D eigenvalue weighted by Crippen LogP contribution is -2.34. The number of aromatic nitrogens is 3. The zero-order valence-electron chi connectivity index (χ0n) is 21.5. The first kappa shape index (κ1) is 24.8. The predicted octanol–water partition coefficient (Wildman–Crippen LogP) is 4.89. The van der Waals surface area contributed by atoms with Gasteiger partial charge < -0.3 is 19.3 Å². The van der Waals surface area contributed by atoms with Crippen molar-refractivity contribution in [2.45, 2.75) is 45.1 Å². The molecule has 37 heavy (non-hydrogen) atoms. The van der Waals surface area contributed by atoms with E-state index in [4.69, 9.17) is 24.4 Å². The average Bonchev–Trinajstić information content (AvgIpc) is 2.97. The normalized spacial score (nSPS) is 16.1. The van der Waals surface area contributed by atoms with Gasteiger partial charge in [0.05, 0.1) is 13.3 Å². The Labute approximate surface area is 218 Å².